The van der Waals surface area contributed by atoms with E-state index in [1.165, 1.54) is 28.8 Å². The topological polar surface area (TPSA) is 84.4 Å². The number of sulfone groups is 1. The third-order valence-electron chi connectivity index (χ3n) is 2.99. The molecule has 0 amide bonds. The van der Waals surface area contributed by atoms with Crippen molar-refractivity contribution in [3.05, 3.63) is 24.5 Å². The molecule has 1 unspecified atom stereocenters. The van der Waals surface area contributed by atoms with Crippen LogP contribution in [-0.4, -0.2) is 50.7 Å². The van der Waals surface area contributed by atoms with Gasteiger partial charge in [0, 0.05) is 31.7 Å². The first-order chi connectivity index (χ1) is 8.32. The van der Waals surface area contributed by atoms with E-state index < -0.39 is 25.1 Å². The first kappa shape index (κ1) is 13.4. The number of hydrogen-bond acceptors (Lipinski definition) is 5. The highest BCUT2D eigenvalue weighted by Gasteiger charge is 2.36. The van der Waals surface area contributed by atoms with Gasteiger partial charge in [-0.2, -0.15) is 4.31 Å². The summed E-state index contributed by atoms with van der Waals surface area (Å²) < 4.78 is 48.4. The maximum atomic E-state index is 12.2. The Morgan fingerprint density at radius 3 is 2.56 bits per heavy atom. The van der Waals surface area contributed by atoms with Crippen molar-refractivity contribution in [3.8, 4) is 0 Å². The van der Waals surface area contributed by atoms with Crippen LogP contribution in [0.3, 0.4) is 0 Å². The molecular weight excluding hydrogens is 276 g/mol. The smallest absolute Gasteiger partial charge is 0.244 e. The van der Waals surface area contributed by atoms with Crippen LogP contribution in [0.15, 0.2) is 29.4 Å². The lowest BCUT2D eigenvalue weighted by Gasteiger charge is -2.15. The van der Waals surface area contributed by atoms with Gasteiger partial charge in [0.1, 0.15) is 4.90 Å². The van der Waals surface area contributed by atoms with Gasteiger partial charge in [-0.3, -0.25) is 4.98 Å². The van der Waals surface area contributed by atoms with Gasteiger partial charge in [0.2, 0.25) is 10.0 Å². The number of pyridine rings is 1. The summed E-state index contributed by atoms with van der Waals surface area (Å²) in [6.07, 6.45) is 4.24. The van der Waals surface area contributed by atoms with Crippen LogP contribution < -0.4 is 0 Å². The molecule has 0 aromatic carbocycles. The van der Waals surface area contributed by atoms with Crippen LogP contribution in [0.4, 0.5) is 0 Å². The molecular formula is C10H14N2O4S2. The Kier molecular flexibility index (Phi) is 3.43. The van der Waals surface area contributed by atoms with Crippen LogP contribution in [0.2, 0.25) is 0 Å². The lowest BCUT2D eigenvalue weighted by atomic mass is 10.4. The van der Waals surface area contributed by atoms with E-state index in [0.29, 0.717) is 6.42 Å². The summed E-state index contributed by atoms with van der Waals surface area (Å²) in [6.45, 7) is 0.255. The van der Waals surface area contributed by atoms with Crippen molar-refractivity contribution < 1.29 is 16.8 Å². The summed E-state index contributed by atoms with van der Waals surface area (Å²) in [5.74, 6) is 0. The summed E-state index contributed by atoms with van der Waals surface area (Å²) in [5.41, 5.74) is 0. The van der Waals surface area contributed by atoms with Crippen LogP contribution in [0.5, 0.6) is 0 Å². The van der Waals surface area contributed by atoms with E-state index in [4.69, 9.17) is 0 Å². The highest BCUT2D eigenvalue weighted by atomic mass is 32.2. The van der Waals surface area contributed by atoms with E-state index in [0.717, 1.165) is 6.26 Å². The fourth-order valence-corrected chi connectivity index (χ4v) is 4.46. The molecule has 100 valence electrons. The Bertz CT molecular complexity index is 625. The average Bonchev–Trinajstić information content (AvgIpc) is 2.79. The van der Waals surface area contributed by atoms with Gasteiger partial charge in [0.15, 0.2) is 9.84 Å². The first-order valence-electron chi connectivity index (χ1n) is 5.41. The van der Waals surface area contributed by atoms with Crippen LogP contribution >= 0.6 is 0 Å². The predicted octanol–water partition coefficient (Wildman–Crippen LogP) is -0.111. The van der Waals surface area contributed by atoms with E-state index in [1.807, 2.05) is 0 Å². The number of sulfonamides is 1. The molecule has 6 nitrogen and oxygen atoms in total. The summed E-state index contributed by atoms with van der Waals surface area (Å²) in [7, 11) is -6.83. The Labute approximate surface area is 107 Å². The van der Waals surface area contributed by atoms with E-state index >= 15 is 0 Å². The van der Waals surface area contributed by atoms with Gasteiger partial charge in [0.25, 0.3) is 0 Å². The highest BCUT2D eigenvalue weighted by Crippen LogP contribution is 2.23. The quantitative estimate of drug-likeness (QED) is 0.775. The van der Waals surface area contributed by atoms with Crippen molar-refractivity contribution in [1.82, 2.24) is 9.29 Å². The Hall–Kier alpha value is -0.990. The number of aromatic nitrogens is 1. The van der Waals surface area contributed by atoms with E-state index in [-0.39, 0.29) is 18.0 Å². The Morgan fingerprint density at radius 1 is 1.33 bits per heavy atom. The normalized spacial score (nSPS) is 22.2. The number of nitrogens with zero attached hydrogens (tertiary/aromatic N) is 2. The van der Waals surface area contributed by atoms with Gasteiger partial charge in [-0.05, 0) is 18.6 Å². The second kappa shape index (κ2) is 4.60. The molecule has 18 heavy (non-hydrogen) atoms. The van der Waals surface area contributed by atoms with Crippen molar-refractivity contribution >= 4 is 19.9 Å². The molecule has 0 aliphatic carbocycles. The molecule has 2 heterocycles. The summed E-state index contributed by atoms with van der Waals surface area (Å²) >= 11 is 0. The fraction of sp³-hybridized carbons (Fsp3) is 0.500. The lowest BCUT2D eigenvalue weighted by molar-refractivity contribution is 0.476. The molecule has 0 saturated carbocycles. The first-order valence-corrected chi connectivity index (χ1v) is 8.80. The van der Waals surface area contributed by atoms with Crippen molar-refractivity contribution in [3.63, 3.8) is 0 Å². The second-order valence-corrected chi connectivity index (χ2v) is 8.56. The zero-order valence-corrected chi connectivity index (χ0v) is 11.5. The molecule has 1 saturated heterocycles. The summed E-state index contributed by atoms with van der Waals surface area (Å²) in [6, 6.07) is 2.99. The van der Waals surface area contributed by atoms with Gasteiger partial charge in [-0.1, -0.05) is 0 Å². The van der Waals surface area contributed by atoms with Gasteiger partial charge in [-0.25, -0.2) is 16.8 Å². The van der Waals surface area contributed by atoms with Crippen molar-refractivity contribution in [1.29, 1.82) is 0 Å². The van der Waals surface area contributed by atoms with Gasteiger partial charge < -0.3 is 0 Å². The van der Waals surface area contributed by atoms with Crippen molar-refractivity contribution in [2.75, 3.05) is 19.3 Å². The monoisotopic (exact) mass is 290 g/mol. The van der Waals surface area contributed by atoms with Crippen LogP contribution in [0.25, 0.3) is 0 Å². The molecule has 2 rings (SSSR count). The fourth-order valence-electron chi connectivity index (χ4n) is 1.91. The molecule has 1 aliphatic rings. The van der Waals surface area contributed by atoms with Crippen LogP contribution in [-0.2, 0) is 19.9 Å². The largest absolute Gasteiger partial charge is 0.263 e. The molecule has 0 N–H and O–H groups in total. The third-order valence-corrected chi connectivity index (χ3v) is 6.43. The zero-order valence-electron chi connectivity index (χ0n) is 9.85. The minimum atomic E-state index is -3.63. The molecule has 8 heteroatoms. The maximum absolute atomic E-state index is 12.2. The van der Waals surface area contributed by atoms with Crippen LogP contribution in [0, 0.1) is 0 Å². The predicted molar refractivity (Wildman–Crippen MR) is 66.2 cm³/mol. The van der Waals surface area contributed by atoms with Gasteiger partial charge >= 0.3 is 0 Å². The van der Waals surface area contributed by atoms with E-state index in [1.54, 1.807) is 0 Å². The zero-order chi connectivity index (χ0) is 13.4. The molecule has 1 atom stereocenters. The average molecular weight is 290 g/mol. The number of hydrogen-bond donors (Lipinski definition) is 0. The molecule has 1 aromatic rings. The third kappa shape index (κ3) is 2.55. The summed E-state index contributed by atoms with van der Waals surface area (Å²) in [4.78, 5) is 3.86. The van der Waals surface area contributed by atoms with Crippen molar-refractivity contribution in [2.45, 2.75) is 16.6 Å². The van der Waals surface area contributed by atoms with Gasteiger partial charge in [-0.15, -0.1) is 0 Å². The minimum Gasteiger partial charge on any atom is -0.263 e. The Morgan fingerprint density at radius 2 is 2.06 bits per heavy atom. The van der Waals surface area contributed by atoms with Crippen molar-refractivity contribution in [2.24, 2.45) is 0 Å². The molecule has 1 fully saturated rings. The minimum absolute atomic E-state index is 0.0239. The maximum Gasteiger partial charge on any atom is 0.244 e. The molecule has 0 bridgehead atoms. The second-order valence-electron chi connectivity index (χ2n) is 4.29. The van der Waals surface area contributed by atoms with Gasteiger partial charge in [0.05, 0.1) is 5.25 Å². The van der Waals surface area contributed by atoms with E-state index in [2.05, 4.69) is 4.98 Å². The standard InChI is InChI=1S/C10H14N2O4S2/c1-17(13,14)10-4-6-12(8-10)18(15,16)9-3-2-5-11-7-9/h2-3,5,7,10H,4,6,8H2,1H3. The molecule has 0 radical (unpaired) electrons. The summed E-state index contributed by atoms with van der Waals surface area (Å²) in [5, 5.41) is -0.607. The van der Waals surface area contributed by atoms with Crippen LogP contribution in [0.1, 0.15) is 6.42 Å². The Balaban J connectivity index is 2.25. The molecule has 0 spiro atoms. The highest BCUT2D eigenvalue weighted by molar-refractivity contribution is 7.91. The molecule has 1 aliphatic heterocycles. The lowest BCUT2D eigenvalue weighted by Crippen LogP contribution is -2.31. The van der Waals surface area contributed by atoms with E-state index in [9.17, 15) is 16.8 Å². The SMILES string of the molecule is CS(=O)(=O)C1CCN(S(=O)(=O)c2cccnc2)C1. The number of rotatable bonds is 3. The molecule has 1 aromatic heterocycles.